The summed E-state index contributed by atoms with van der Waals surface area (Å²) in [5, 5.41) is 8.85. The second-order valence-corrected chi connectivity index (χ2v) is 6.38. The fourth-order valence-electron chi connectivity index (χ4n) is 1.65. The standard InChI is InChI=1S/C15H28O4/c1-8-14(4,5)18-19-15(6,7)10-11(2)9-12(3)13(16)17/h9,11H,8,10H2,1-7H3,(H,16,17). The molecule has 0 bridgehead atoms. The molecule has 0 aromatic heterocycles. The van der Waals surface area contributed by atoms with Crippen LogP contribution in [-0.4, -0.2) is 22.3 Å². The molecule has 0 radical (unpaired) electrons. The summed E-state index contributed by atoms with van der Waals surface area (Å²) in [4.78, 5) is 21.8. The predicted octanol–water partition coefficient (Wildman–Crippen LogP) is 3.96. The molecule has 0 aromatic carbocycles. The van der Waals surface area contributed by atoms with Gasteiger partial charge in [-0.15, -0.1) is 0 Å². The SMILES string of the molecule is CCC(C)(C)OOC(C)(C)CC(C)C=C(C)C(=O)O. The minimum absolute atomic E-state index is 0.111. The van der Waals surface area contributed by atoms with Crippen LogP contribution in [0, 0.1) is 5.92 Å². The average molecular weight is 272 g/mol. The molecule has 4 heteroatoms. The van der Waals surface area contributed by atoms with Gasteiger partial charge in [0.25, 0.3) is 0 Å². The molecule has 0 saturated carbocycles. The smallest absolute Gasteiger partial charge is 0.330 e. The van der Waals surface area contributed by atoms with E-state index in [1.165, 1.54) is 0 Å². The molecule has 19 heavy (non-hydrogen) atoms. The van der Waals surface area contributed by atoms with Gasteiger partial charge < -0.3 is 5.11 Å². The van der Waals surface area contributed by atoms with Gasteiger partial charge in [-0.25, -0.2) is 14.6 Å². The van der Waals surface area contributed by atoms with Gasteiger partial charge in [0.05, 0.1) is 11.2 Å². The van der Waals surface area contributed by atoms with E-state index in [9.17, 15) is 4.79 Å². The lowest BCUT2D eigenvalue weighted by atomic mass is 9.93. The van der Waals surface area contributed by atoms with E-state index in [2.05, 4.69) is 0 Å². The van der Waals surface area contributed by atoms with Gasteiger partial charge >= 0.3 is 5.97 Å². The normalized spacial score (nSPS) is 15.4. The molecule has 0 rings (SSSR count). The maximum absolute atomic E-state index is 10.8. The van der Waals surface area contributed by atoms with Crippen molar-refractivity contribution in [2.75, 3.05) is 0 Å². The van der Waals surface area contributed by atoms with Crippen molar-refractivity contribution >= 4 is 5.97 Å². The van der Waals surface area contributed by atoms with Crippen LogP contribution in [0.25, 0.3) is 0 Å². The number of aliphatic carboxylic acids is 1. The summed E-state index contributed by atoms with van der Waals surface area (Å²) in [5.41, 5.74) is -0.410. The lowest BCUT2D eigenvalue weighted by Crippen LogP contribution is -2.33. The maximum Gasteiger partial charge on any atom is 0.330 e. The van der Waals surface area contributed by atoms with Gasteiger partial charge in [0.1, 0.15) is 0 Å². The molecule has 1 atom stereocenters. The molecule has 0 aromatic rings. The number of carboxylic acids is 1. The van der Waals surface area contributed by atoms with Gasteiger partial charge in [-0.3, -0.25) is 0 Å². The number of allylic oxidation sites excluding steroid dienone is 1. The van der Waals surface area contributed by atoms with Gasteiger partial charge in [-0.1, -0.05) is 19.9 Å². The lowest BCUT2D eigenvalue weighted by Gasteiger charge is -2.31. The second kappa shape index (κ2) is 7.06. The minimum Gasteiger partial charge on any atom is -0.478 e. The molecule has 0 amide bonds. The topological polar surface area (TPSA) is 55.8 Å². The minimum atomic E-state index is -0.881. The van der Waals surface area contributed by atoms with Crippen molar-refractivity contribution in [3.05, 3.63) is 11.6 Å². The second-order valence-electron chi connectivity index (χ2n) is 6.38. The van der Waals surface area contributed by atoms with Crippen molar-refractivity contribution in [2.45, 2.75) is 72.5 Å². The van der Waals surface area contributed by atoms with E-state index >= 15 is 0 Å². The Balaban J connectivity index is 4.44. The highest BCUT2D eigenvalue weighted by Gasteiger charge is 2.27. The van der Waals surface area contributed by atoms with E-state index in [1.54, 1.807) is 13.0 Å². The maximum atomic E-state index is 10.8. The zero-order valence-electron chi connectivity index (χ0n) is 13.2. The van der Waals surface area contributed by atoms with E-state index in [0.717, 1.165) is 6.42 Å². The summed E-state index contributed by atoms with van der Waals surface area (Å²) in [5.74, 6) is -0.770. The summed E-state index contributed by atoms with van der Waals surface area (Å²) in [7, 11) is 0. The van der Waals surface area contributed by atoms with Crippen LogP contribution in [0.2, 0.25) is 0 Å². The van der Waals surface area contributed by atoms with E-state index in [4.69, 9.17) is 14.9 Å². The molecule has 0 aliphatic heterocycles. The summed E-state index contributed by atoms with van der Waals surface area (Å²) in [6, 6.07) is 0. The van der Waals surface area contributed by atoms with Crippen molar-refractivity contribution < 1.29 is 19.7 Å². The highest BCUT2D eigenvalue weighted by molar-refractivity contribution is 5.85. The fraction of sp³-hybridized carbons (Fsp3) is 0.800. The monoisotopic (exact) mass is 272 g/mol. The Morgan fingerprint density at radius 3 is 2.11 bits per heavy atom. The zero-order valence-corrected chi connectivity index (χ0v) is 13.2. The lowest BCUT2D eigenvalue weighted by molar-refractivity contribution is -0.402. The third-order valence-corrected chi connectivity index (χ3v) is 3.03. The molecule has 0 aliphatic rings. The molecule has 1 unspecified atom stereocenters. The van der Waals surface area contributed by atoms with Crippen molar-refractivity contribution in [2.24, 2.45) is 5.92 Å². The van der Waals surface area contributed by atoms with Crippen molar-refractivity contribution in [1.29, 1.82) is 0 Å². The number of rotatable bonds is 8. The van der Waals surface area contributed by atoms with Crippen molar-refractivity contribution in [3.63, 3.8) is 0 Å². The third kappa shape index (κ3) is 8.01. The van der Waals surface area contributed by atoms with Gasteiger partial charge in [-0.2, -0.15) is 0 Å². The van der Waals surface area contributed by atoms with E-state index in [1.807, 2.05) is 41.5 Å². The molecule has 0 heterocycles. The molecule has 4 nitrogen and oxygen atoms in total. The Hall–Kier alpha value is -0.870. The van der Waals surface area contributed by atoms with Crippen LogP contribution in [-0.2, 0) is 14.6 Å². The van der Waals surface area contributed by atoms with Crippen LogP contribution in [0.1, 0.15) is 61.3 Å². The Morgan fingerprint density at radius 2 is 1.68 bits per heavy atom. The van der Waals surface area contributed by atoms with Gasteiger partial charge in [0.15, 0.2) is 0 Å². The van der Waals surface area contributed by atoms with Crippen LogP contribution in [0.5, 0.6) is 0 Å². The van der Waals surface area contributed by atoms with Gasteiger partial charge in [-0.05, 0) is 53.4 Å². The number of carbonyl (C=O) groups is 1. The summed E-state index contributed by atoms with van der Waals surface area (Å²) in [6.07, 6.45) is 3.30. The largest absolute Gasteiger partial charge is 0.478 e. The molecule has 0 fully saturated rings. The number of hydrogen-bond donors (Lipinski definition) is 1. The number of carboxylic acid groups (broad SMARTS) is 1. The van der Waals surface area contributed by atoms with Crippen LogP contribution in [0.15, 0.2) is 11.6 Å². The Bertz CT molecular complexity index is 329. The van der Waals surface area contributed by atoms with Crippen molar-refractivity contribution in [3.8, 4) is 0 Å². The van der Waals surface area contributed by atoms with E-state index in [0.29, 0.717) is 12.0 Å². The molecule has 0 aliphatic carbocycles. The van der Waals surface area contributed by atoms with Crippen LogP contribution in [0.4, 0.5) is 0 Å². The molecule has 0 saturated heterocycles. The molecular formula is C15H28O4. The van der Waals surface area contributed by atoms with Crippen LogP contribution >= 0.6 is 0 Å². The zero-order chi connectivity index (χ0) is 15.3. The quantitative estimate of drug-likeness (QED) is 0.413. The highest BCUT2D eigenvalue weighted by Crippen LogP contribution is 2.25. The summed E-state index contributed by atoms with van der Waals surface area (Å²) >= 11 is 0. The Morgan fingerprint density at radius 1 is 1.21 bits per heavy atom. The molecular weight excluding hydrogens is 244 g/mol. The van der Waals surface area contributed by atoms with Crippen molar-refractivity contribution in [1.82, 2.24) is 0 Å². The first-order valence-electron chi connectivity index (χ1n) is 6.77. The predicted molar refractivity (Wildman–Crippen MR) is 75.8 cm³/mol. The summed E-state index contributed by atoms with van der Waals surface area (Å²) in [6.45, 7) is 13.4. The average Bonchev–Trinajstić information content (AvgIpc) is 2.25. The van der Waals surface area contributed by atoms with Gasteiger partial charge in [0.2, 0.25) is 0 Å². The molecule has 0 spiro atoms. The van der Waals surface area contributed by atoms with E-state index in [-0.39, 0.29) is 11.5 Å². The molecule has 1 N–H and O–H groups in total. The van der Waals surface area contributed by atoms with Crippen LogP contribution < -0.4 is 0 Å². The molecule has 112 valence electrons. The first-order valence-corrected chi connectivity index (χ1v) is 6.77. The number of hydrogen-bond acceptors (Lipinski definition) is 3. The fourth-order valence-corrected chi connectivity index (χ4v) is 1.65. The first-order chi connectivity index (χ1) is 8.49. The highest BCUT2D eigenvalue weighted by atomic mass is 17.2. The Kier molecular flexibility index (Phi) is 6.73. The third-order valence-electron chi connectivity index (χ3n) is 3.03. The first kappa shape index (κ1) is 18.1. The van der Waals surface area contributed by atoms with Gasteiger partial charge in [0, 0.05) is 5.57 Å². The Labute approximate surface area is 116 Å². The van der Waals surface area contributed by atoms with Crippen LogP contribution in [0.3, 0.4) is 0 Å². The van der Waals surface area contributed by atoms with E-state index < -0.39 is 11.6 Å². The summed E-state index contributed by atoms with van der Waals surface area (Å²) < 4.78 is 0.